The van der Waals surface area contributed by atoms with E-state index in [1.807, 2.05) is 0 Å². The lowest BCUT2D eigenvalue weighted by Crippen LogP contribution is -2.11. The summed E-state index contributed by atoms with van der Waals surface area (Å²) in [5, 5.41) is 0. The summed E-state index contributed by atoms with van der Waals surface area (Å²) >= 11 is 0. The van der Waals surface area contributed by atoms with Gasteiger partial charge in [0.05, 0.1) is 0 Å². The quantitative estimate of drug-likeness (QED) is 0.636. The van der Waals surface area contributed by atoms with E-state index in [4.69, 9.17) is 0 Å². The molecule has 2 aliphatic rings. The molecule has 3 atom stereocenters. The molecule has 15 heavy (non-hydrogen) atoms. The summed E-state index contributed by atoms with van der Waals surface area (Å²) < 4.78 is 0. The first-order valence-electron chi connectivity index (χ1n) is 6.29. The lowest BCUT2D eigenvalue weighted by atomic mass is 9.84. The molecule has 1 aromatic rings. The molecule has 0 nitrogen and oxygen atoms in total. The molecular formula is C15H20. The lowest BCUT2D eigenvalue weighted by molar-refractivity contribution is 0.352. The Balaban J connectivity index is 2.13. The molecule has 0 spiro atoms. The number of hydrogen-bond donors (Lipinski definition) is 0. The highest BCUT2D eigenvalue weighted by atomic mass is 14.5. The summed E-state index contributed by atoms with van der Waals surface area (Å²) in [6, 6.07) is 6.91. The summed E-state index contributed by atoms with van der Waals surface area (Å²) in [7, 11) is 0. The average Bonchev–Trinajstić information content (AvgIpc) is 2.73. The van der Waals surface area contributed by atoms with Crippen molar-refractivity contribution in [3.8, 4) is 0 Å². The predicted octanol–water partition coefficient (Wildman–Crippen LogP) is 4.24. The second kappa shape index (κ2) is 3.10. The van der Waals surface area contributed by atoms with E-state index in [0.717, 1.165) is 23.7 Å². The standard InChI is InChI=1S/C15H20/c1-9(2)14-12-7-8-13(14)15-10(3)5-4-6-11(12)15/h4-6,9,12-14H,7-8H2,1-3H3. The van der Waals surface area contributed by atoms with Crippen LogP contribution in [0.5, 0.6) is 0 Å². The minimum atomic E-state index is 0.842. The van der Waals surface area contributed by atoms with Crippen molar-refractivity contribution in [3.63, 3.8) is 0 Å². The Hall–Kier alpha value is -0.780. The van der Waals surface area contributed by atoms with Crippen LogP contribution in [0.2, 0.25) is 0 Å². The zero-order valence-electron chi connectivity index (χ0n) is 9.96. The van der Waals surface area contributed by atoms with Gasteiger partial charge in [0, 0.05) is 0 Å². The highest BCUT2D eigenvalue weighted by molar-refractivity contribution is 5.47. The van der Waals surface area contributed by atoms with E-state index in [2.05, 4.69) is 39.0 Å². The van der Waals surface area contributed by atoms with Crippen LogP contribution in [0.25, 0.3) is 0 Å². The van der Waals surface area contributed by atoms with Gasteiger partial charge in [-0.15, -0.1) is 0 Å². The van der Waals surface area contributed by atoms with Crippen molar-refractivity contribution < 1.29 is 0 Å². The van der Waals surface area contributed by atoms with Gasteiger partial charge in [-0.3, -0.25) is 0 Å². The Morgan fingerprint density at radius 1 is 1.13 bits per heavy atom. The molecule has 80 valence electrons. The van der Waals surface area contributed by atoms with Crippen molar-refractivity contribution in [2.24, 2.45) is 11.8 Å². The number of fused-ring (bicyclic) bond motifs is 5. The fraction of sp³-hybridized carbons (Fsp3) is 0.600. The Kier molecular flexibility index (Phi) is 1.95. The van der Waals surface area contributed by atoms with Crippen LogP contribution in [-0.4, -0.2) is 0 Å². The second-order valence-electron chi connectivity index (χ2n) is 5.69. The minimum Gasteiger partial charge on any atom is -0.0625 e. The second-order valence-corrected chi connectivity index (χ2v) is 5.69. The summed E-state index contributed by atoms with van der Waals surface area (Å²) in [5.74, 6) is 3.53. The summed E-state index contributed by atoms with van der Waals surface area (Å²) in [4.78, 5) is 0. The van der Waals surface area contributed by atoms with Gasteiger partial charge in [-0.25, -0.2) is 0 Å². The molecule has 2 bridgehead atoms. The first-order chi connectivity index (χ1) is 7.20. The Bertz CT molecular complexity index is 389. The minimum absolute atomic E-state index is 0.842. The third-order valence-corrected chi connectivity index (χ3v) is 4.62. The molecule has 3 rings (SSSR count). The van der Waals surface area contributed by atoms with E-state index in [0.29, 0.717) is 0 Å². The normalized spacial score (nSPS) is 32.4. The molecule has 0 aromatic heterocycles. The van der Waals surface area contributed by atoms with Crippen LogP contribution in [0.15, 0.2) is 18.2 Å². The van der Waals surface area contributed by atoms with E-state index in [9.17, 15) is 0 Å². The van der Waals surface area contributed by atoms with Crippen LogP contribution in [0.1, 0.15) is 55.2 Å². The monoisotopic (exact) mass is 200 g/mol. The fourth-order valence-corrected chi connectivity index (χ4v) is 4.19. The van der Waals surface area contributed by atoms with E-state index < -0.39 is 0 Å². The SMILES string of the molecule is Cc1cccc2c1C1CCC2C1C(C)C. The van der Waals surface area contributed by atoms with E-state index >= 15 is 0 Å². The van der Waals surface area contributed by atoms with Crippen LogP contribution in [-0.2, 0) is 0 Å². The van der Waals surface area contributed by atoms with Gasteiger partial charge >= 0.3 is 0 Å². The summed E-state index contributed by atoms with van der Waals surface area (Å²) in [6.07, 6.45) is 2.87. The van der Waals surface area contributed by atoms with Crippen LogP contribution >= 0.6 is 0 Å². The molecular weight excluding hydrogens is 180 g/mol. The maximum Gasteiger partial charge on any atom is -0.0120 e. The van der Waals surface area contributed by atoms with Gasteiger partial charge in [-0.05, 0) is 60.1 Å². The Labute approximate surface area is 92.7 Å². The third kappa shape index (κ3) is 1.14. The maximum atomic E-state index is 2.40. The average molecular weight is 200 g/mol. The molecule has 0 heteroatoms. The molecule has 1 saturated carbocycles. The molecule has 1 aromatic carbocycles. The molecule has 0 N–H and O–H groups in total. The number of aryl methyl sites for hydroxylation is 1. The first kappa shape index (κ1) is 9.45. The van der Waals surface area contributed by atoms with Crippen LogP contribution in [0, 0.1) is 18.8 Å². The zero-order valence-corrected chi connectivity index (χ0v) is 9.96. The van der Waals surface area contributed by atoms with Gasteiger partial charge in [0.2, 0.25) is 0 Å². The summed E-state index contributed by atoms with van der Waals surface area (Å²) in [6.45, 7) is 7.09. The molecule has 0 heterocycles. The summed E-state index contributed by atoms with van der Waals surface area (Å²) in [5.41, 5.74) is 4.93. The highest BCUT2D eigenvalue weighted by Crippen LogP contribution is 2.60. The molecule has 0 aliphatic heterocycles. The highest BCUT2D eigenvalue weighted by Gasteiger charge is 2.47. The van der Waals surface area contributed by atoms with Crippen molar-refractivity contribution in [1.29, 1.82) is 0 Å². The topological polar surface area (TPSA) is 0 Å². The molecule has 0 saturated heterocycles. The molecule has 3 unspecified atom stereocenters. The number of rotatable bonds is 1. The van der Waals surface area contributed by atoms with Crippen LogP contribution in [0.3, 0.4) is 0 Å². The zero-order chi connectivity index (χ0) is 10.6. The third-order valence-electron chi connectivity index (χ3n) is 4.62. The first-order valence-corrected chi connectivity index (χ1v) is 6.29. The van der Waals surface area contributed by atoms with Crippen LogP contribution < -0.4 is 0 Å². The van der Waals surface area contributed by atoms with Gasteiger partial charge in [0.15, 0.2) is 0 Å². The number of benzene rings is 1. The van der Waals surface area contributed by atoms with Crippen molar-refractivity contribution in [2.75, 3.05) is 0 Å². The fourth-order valence-electron chi connectivity index (χ4n) is 4.19. The molecule has 1 fully saturated rings. The molecule has 2 aliphatic carbocycles. The number of hydrogen-bond acceptors (Lipinski definition) is 0. The van der Waals surface area contributed by atoms with Crippen molar-refractivity contribution in [1.82, 2.24) is 0 Å². The van der Waals surface area contributed by atoms with Gasteiger partial charge in [0.25, 0.3) is 0 Å². The van der Waals surface area contributed by atoms with Gasteiger partial charge in [-0.1, -0.05) is 32.0 Å². The van der Waals surface area contributed by atoms with E-state index in [-0.39, 0.29) is 0 Å². The van der Waals surface area contributed by atoms with E-state index in [1.54, 1.807) is 11.1 Å². The van der Waals surface area contributed by atoms with Crippen molar-refractivity contribution in [3.05, 3.63) is 34.9 Å². The van der Waals surface area contributed by atoms with Gasteiger partial charge in [0.1, 0.15) is 0 Å². The molecule has 0 amide bonds. The van der Waals surface area contributed by atoms with Crippen molar-refractivity contribution >= 4 is 0 Å². The van der Waals surface area contributed by atoms with Gasteiger partial charge < -0.3 is 0 Å². The van der Waals surface area contributed by atoms with Crippen molar-refractivity contribution in [2.45, 2.75) is 45.4 Å². The van der Waals surface area contributed by atoms with Crippen LogP contribution in [0.4, 0.5) is 0 Å². The predicted molar refractivity (Wildman–Crippen MR) is 64.2 cm³/mol. The van der Waals surface area contributed by atoms with E-state index in [1.165, 1.54) is 18.4 Å². The Morgan fingerprint density at radius 3 is 2.53 bits per heavy atom. The lowest BCUT2D eigenvalue weighted by Gasteiger charge is -2.20. The maximum absolute atomic E-state index is 2.40. The smallest absolute Gasteiger partial charge is 0.0120 e. The van der Waals surface area contributed by atoms with Gasteiger partial charge in [-0.2, -0.15) is 0 Å². The Morgan fingerprint density at radius 2 is 1.87 bits per heavy atom. The molecule has 0 radical (unpaired) electrons. The largest absolute Gasteiger partial charge is 0.0625 e.